The lowest BCUT2D eigenvalue weighted by Gasteiger charge is -2.37. The van der Waals surface area contributed by atoms with Crippen LogP contribution in [0.15, 0.2) is 0 Å². The van der Waals surface area contributed by atoms with Crippen molar-refractivity contribution in [2.75, 3.05) is 33.9 Å². The molecular weight excluding hydrogens is 228 g/mol. The van der Waals surface area contributed by atoms with Crippen LogP contribution in [0.2, 0.25) is 0 Å². The third kappa shape index (κ3) is 6.14. The van der Waals surface area contributed by atoms with E-state index in [4.69, 9.17) is 4.74 Å². The smallest absolute Gasteiger partial charge is 0.0615 e. The largest absolute Gasteiger partial charge is 0.394 e. The van der Waals surface area contributed by atoms with Gasteiger partial charge in [0.15, 0.2) is 0 Å². The second kappa shape index (κ2) is 8.86. The van der Waals surface area contributed by atoms with Gasteiger partial charge in [0.2, 0.25) is 0 Å². The fraction of sp³-hybridized carbons (Fsp3) is 1.00. The highest BCUT2D eigenvalue weighted by atomic mass is 16.5. The Bertz CT molecular complexity index is 214. The number of hydrogen-bond donors (Lipinski definition) is 2. The van der Waals surface area contributed by atoms with Crippen molar-refractivity contribution in [3.8, 4) is 0 Å². The van der Waals surface area contributed by atoms with Gasteiger partial charge in [0, 0.05) is 24.7 Å². The third-order valence-corrected chi connectivity index (χ3v) is 3.70. The Balaban J connectivity index is 4.36. The molecule has 0 aromatic heterocycles. The van der Waals surface area contributed by atoms with Crippen LogP contribution in [0.3, 0.4) is 0 Å². The molecule has 0 bridgehead atoms. The van der Waals surface area contributed by atoms with Crippen LogP contribution < -0.4 is 5.32 Å². The first kappa shape index (κ1) is 17.8. The lowest BCUT2D eigenvalue weighted by Crippen LogP contribution is -2.51. The summed E-state index contributed by atoms with van der Waals surface area (Å²) in [7, 11) is 3.85. The third-order valence-electron chi connectivity index (χ3n) is 3.70. The van der Waals surface area contributed by atoms with Crippen molar-refractivity contribution in [3.63, 3.8) is 0 Å². The predicted molar refractivity (Wildman–Crippen MR) is 77.0 cm³/mol. The summed E-state index contributed by atoms with van der Waals surface area (Å²) in [6.45, 7) is 10.4. The lowest BCUT2D eigenvalue weighted by atomic mass is 9.93. The molecule has 0 aromatic rings. The molecule has 0 amide bonds. The van der Waals surface area contributed by atoms with Gasteiger partial charge < -0.3 is 15.2 Å². The van der Waals surface area contributed by atoms with Gasteiger partial charge in [0.25, 0.3) is 0 Å². The average molecular weight is 260 g/mol. The zero-order valence-corrected chi connectivity index (χ0v) is 13.0. The molecule has 0 saturated heterocycles. The van der Waals surface area contributed by atoms with Gasteiger partial charge >= 0.3 is 0 Å². The zero-order valence-electron chi connectivity index (χ0n) is 13.0. The van der Waals surface area contributed by atoms with Gasteiger partial charge in [-0.05, 0) is 47.2 Å². The maximum atomic E-state index is 9.58. The summed E-state index contributed by atoms with van der Waals surface area (Å²) < 4.78 is 5.19. The molecule has 0 heterocycles. The highest BCUT2D eigenvalue weighted by molar-refractivity contribution is 4.87. The molecule has 3 unspecified atom stereocenters. The molecule has 0 aliphatic rings. The number of hydrogen-bond acceptors (Lipinski definition) is 4. The van der Waals surface area contributed by atoms with E-state index < -0.39 is 0 Å². The van der Waals surface area contributed by atoms with Gasteiger partial charge in [-0.3, -0.25) is 4.90 Å². The Morgan fingerprint density at radius 2 is 1.94 bits per heavy atom. The normalized spacial score (nSPS) is 18.7. The standard InChI is InChI=1S/C14H32N2O2/c1-7-8-15-14(4,11-17)9-12(2)16(5)13(3)10-18-6/h12-13,15,17H,7-11H2,1-6H3. The minimum absolute atomic E-state index is 0.170. The molecule has 0 spiro atoms. The minimum Gasteiger partial charge on any atom is -0.394 e. The summed E-state index contributed by atoms with van der Waals surface area (Å²) in [5.41, 5.74) is -0.198. The van der Waals surface area contributed by atoms with Crippen LogP contribution in [0.1, 0.15) is 40.5 Å². The van der Waals surface area contributed by atoms with E-state index in [0.717, 1.165) is 26.0 Å². The molecule has 4 heteroatoms. The van der Waals surface area contributed by atoms with E-state index in [-0.39, 0.29) is 12.1 Å². The van der Waals surface area contributed by atoms with Crippen LogP contribution in [0.25, 0.3) is 0 Å². The molecule has 0 fully saturated rings. The molecule has 0 rings (SSSR count). The van der Waals surface area contributed by atoms with E-state index in [1.807, 2.05) is 0 Å². The number of rotatable bonds is 10. The molecule has 110 valence electrons. The zero-order chi connectivity index (χ0) is 14.2. The van der Waals surface area contributed by atoms with E-state index in [1.54, 1.807) is 7.11 Å². The van der Waals surface area contributed by atoms with Crippen LogP contribution in [0.5, 0.6) is 0 Å². The molecule has 0 radical (unpaired) electrons. The summed E-state index contributed by atoms with van der Waals surface area (Å²) in [4.78, 5) is 2.31. The fourth-order valence-corrected chi connectivity index (χ4v) is 2.21. The quantitative estimate of drug-likeness (QED) is 0.624. The first-order valence-corrected chi connectivity index (χ1v) is 6.97. The van der Waals surface area contributed by atoms with Crippen molar-refractivity contribution in [3.05, 3.63) is 0 Å². The predicted octanol–water partition coefficient (Wildman–Crippen LogP) is 1.48. The molecule has 0 saturated carbocycles. The van der Waals surface area contributed by atoms with Gasteiger partial charge in [0.05, 0.1) is 13.2 Å². The molecule has 18 heavy (non-hydrogen) atoms. The second-order valence-electron chi connectivity index (χ2n) is 5.67. The maximum absolute atomic E-state index is 9.58. The van der Waals surface area contributed by atoms with Crippen LogP contribution >= 0.6 is 0 Å². The molecule has 3 atom stereocenters. The fourth-order valence-electron chi connectivity index (χ4n) is 2.21. The van der Waals surface area contributed by atoms with E-state index in [1.165, 1.54) is 0 Å². The summed E-state index contributed by atoms with van der Waals surface area (Å²) in [5.74, 6) is 0. The molecule has 2 N–H and O–H groups in total. The van der Waals surface area contributed by atoms with Crippen LogP contribution in [-0.2, 0) is 4.74 Å². The van der Waals surface area contributed by atoms with E-state index in [9.17, 15) is 5.11 Å². The first-order valence-electron chi connectivity index (χ1n) is 6.97. The number of ether oxygens (including phenoxy) is 1. The van der Waals surface area contributed by atoms with Crippen molar-refractivity contribution >= 4 is 0 Å². The Hall–Kier alpha value is -0.160. The summed E-state index contributed by atoms with van der Waals surface area (Å²) in [5, 5.41) is 13.0. The van der Waals surface area contributed by atoms with E-state index in [0.29, 0.717) is 12.1 Å². The lowest BCUT2D eigenvalue weighted by molar-refractivity contribution is 0.0699. The van der Waals surface area contributed by atoms with Crippen molar-refractivity contribution in [2.24, 2.45) is 0 Å². The van der Waals surface area contributed by atoms with Crippen molar-refractivity contribution in [1.29, 1.82) is 0 Å². The first-order chi connectivity index (χ1) is 8.40. The van der Waals surface area contributed by atoms with Crippen LogP contribution in [0.4, 0.5) is 0 Å². The summed E-state index contributed by atoms with van der Waals surface area (Å²) in [6, 6.07) is 0.788. The maximum Gasteiger partial charge on any atom is 0.0615 e. The number of aliphatic hydroxyl groups excluding tert-OH is 1. The van der Waals surface area contributed by atoms with Crippen molar-refractivity contribution in [1.82, 2.24) is 10.2 Å². The van der Waals surface area contributed by atoms with Crippen LogP contribution in [-0.4, -0.2) is 61.5 Å². The average Bonchev–Trinajstić information content (AvgIpc) is 2.35. The number of aliphatic hydroxyl groups is 1. The topological polar surface area (TPSA) is 44.7 Å². The highest BCUT2D eigenvalue weighted by Gasteiger charge is 2.27. The molecule has 0 aliphatic heterocycles. The Labute approximate surface area is 113 Å². The van der Waals surface area contributed by atoms with E-state index in [2.05, 4.69) is 45.0 Å². The van der Waals surface area contributed by atoms with Gasteiger partial charge in [-0.15, -0.1) is 0 Å². The Morgan fingerprint density at radius 3 is 2.39 bits per heavy atom. The Morgan fingerprint density at radius 1 is 1.33 bits per heavy atom. The van der Waals surface area contributed by atoms with Gasteiger partial charge in [-0.1, -0.05) is 6.92 Å². The number of likely N-dealkylation sites (N-methyl/N-ethyl adjacent to an activating group) is 1. The van der Waals surface area contributed by atoms with E-state index >= 15 is 0 Å². The SMILES string of the molecule is CCCNC(C)(CO)CC(C)N(C)C(C)COC. The monoisotopic (exact) mass is 260 g/mol. The number of nitrogens with one attached hydrogen (secondary N) is 1. The van der Waals surface area contributed by atoms with Gasteiger partial charge in [0.1, 0.15) is 0 Å². The second-order valence-corrected chi connectivity index (χ2v) is 5.67. The molecule has 0 aliphatic carbocycles. The Kier molecular flexibility index (Phi) is 8.78. The number of nitrogens with zero attached hydrogens (tertiary/aromatic N) is 1. The molecular formula is C14H32N2O2. The minimum atomic E-state index is -0.198. The van der Waals surface area contributed by atoms with Crippen LogP contribution in [0, 0.1) is 0 Å². The highest BCUT2D eigenvalue weighted by Crippen LogP contribution is 2.17. The van der Waals surface area contributed by atoms with Gasteiger partial charge in [-0.2, -0.15) is 0 Å². The molecule has 4 nitrogen and oxygen atoms in total. The summed E-state index contributed by atoms with van der Waals surface area (Å²) >= 11 is 0. The molecule has 0 aromatic carbocycles. The summed E-state index contributed by atoms with van der Waals surface area (Å²) in [6.07, 6.45) is 2.01. The number of methoxy groups -OCH3 is 1. The van der Waals surface area contributed by atoms with Gasteiger partial charge in [-0.25, -0.2) is 0 Å². The van der Waals surface area contributed by atoms with Crippen molar-refractivity contribution in [2.45, 2.75) is 58.2 Å². The van der Waals surface area contributed by atoms with Crippen molar-refractivity contribution < 1.29 is 9.84 Å².